The van der Waals surface area contributed by atoms with Gasteiger partial charge in [-0.2, -0.15) is 4.37 Å². The zero-order chi connectivity index (χ0) is 9.80. The van der Waals surface area contributed by atoms with E-state index in [-0.39, 0.29) is 0 Å². The van der Waals surface area contributed by atoms with E-state index in [0.29, 0.717) is 5.95 Å². The second-order valence-corrected chi connectivity index (χ2v) is 4.33. The van der Waals surface area contributed by atoms with Gasteiger partial charge in [0, 0.05) is 9.92 Å². The molecule has 0 radical (unpaired) electrons. The summed E-state index contributed by atoms with van der Waals surface area (Å²) in [5.74, 6) is 0.634. The van der Waals surface area contributed by atoms with Crippen LogP contribution in [-0.4, -0.2) is 9.36 Å². The van der Waals surface area contributed by atoms with E-state index < -0.39 is 0 Å². The molecule has 1 aromatic carbocycles. The van der Waals surface area contributed by atoms with Crippen molar-refractivity contribution in [2.24, 2.45) is 0 Å². The number of rotatable bonds is 3. The molecule has 0 atom stereocenters. The average molecular weight is 244 g/mol. The van der Waals surface area contributed by atoms with Crippen LogP contribution in [0.3, 0.4) is 0 Å². The summed E-state index contributed by atoms with van der Waals surface area (Å²) >= 11 is 8.54. The highest BCUT2D eigenvalue weighted by Crippen LogP contribution is 2.20. The number of nitrogens with one attached hydrogen (secondary N) is 1. The van der Waals surface area contributed by atoms with Crippen molar-refractivity contribution in [2.75, 3.05) is 4.72 Å². The van der Waals surface area contributed by atoms with Crippen molar-refractivity contribution in [1.82, 2.24) is 9.36 Å². The third-order valence-electron chi connectivity index (χ3n) is 1.44. The first-order valence-electron chi connectivity index (χ1n) is 3.79. The summed E-state index contributed by atoms with van der Waals surface area (Å²) in [5.41, 5.74) is 1.69. The van der Waals surface area contributed by atoms with Gasteiger partial charge < -0.3 is 0 Å². The van der Waals surface area contributed by atoms with Crippen molar-refractivity contribution in [2.45, 2.75) is 4.90 Å². The minimum atomic E-state index is 0.634. The van der Waals surface area contributed by atoms with Crippen LogP contribution in [0.15, 0.2) is 34.7 Å². The van der Waals surface area contributed by atoms with Gasteiger partial charge in [-0.25, -0.2) is 4.98 Å². The number of benzene rings is 1. The maximum absolute atomic E-state index is 5.76. The largest absolute Gasteiger partial charge is 0.293 e. The molecular weight excluding hydrogens is 238 g/mol. The van der Waals surface area contributed by atoms with E-state index in [0.717, 1.165) is 9.92 Å². The first-order valence-corrected chi connectivity index (χ1v) is 5.82. The van der Waals surface area contributed by atoms with Gasteiger partial charge in [0.05, 0.1) is 0 Å². The molecule has 1 heterocycles. The number of nitrogens with zero attached hydrogens (tertiary/aromatic N) is 2. The van der Waals surface area contributed by atoms with Crippen LogP contribution in [0.25, 0.3) is 0 Å². The maximum Gasteiger partial charge on any atom is 0.244 e. The molecule has 0 fully saturated rings. The molecule has 0 saturated heterocycles. The van der Waals surface area contributed by atoms with Crippen molar-refractivity contribution in [3.05, 3.63) is 34.8 Å². The van der Waals surface area contributed by atoms with Gasteiger partial charge in [-0.1, -0.05) is 11.6 Å². The summed E-state index contributed by atoms with van der Waals surface area (Å²) in [5, 5.41) is 0.737. The monoisotopic (exact) mass is 243 g/mol. The molecule has 0 aliphatic carbocycles. The van der Waals surface area contributed by atoms with E-state index in [1.165, 1.54) is 23.5 Å². The Hall–Kier alpha value is -0.780. The molecule has 0 bridgehead atoms. The number of halogens is 1. The fraction of sp³-hybridized carbons (Fsp3) is 0. The summed E-state index contributed by atoms with van der Waals surface area (Å²) in [6.45, 7) is 0. The molecule has 2 rings (SSSR count). The van der Waals surface area contributed by atoms with E-state index >= 15 is 0 Å². The normalized spacial score (nSPS) is 10.1. The van der Waals surface area contributed by atoms with Crippen LogP contribution in [0.1, 0.15) is 0 Å². The number of anilines is 1. The Bertz CT molecular complexity index is 387. The first kappa shape index (κ1) is 9.76. The van der Waals surface area contributed by atoms with Gasteiger partial charge in [-0.3, -0.25) is 4.72 Å². The summed E-state index contributed by atoms with van der Waals surface area (Å²) in [6, 6.07) is 7.57. The molecule has 72 valence electrons. The fourth-order valence-corrected chi connectivity index (χ4v) is 1.97. The van der Waals surface area contributed by atoms with Crippen LogP contribution < -0.4 is 4.72 Å². The molecule has 2 aromatic rings. The van der Waals surface area contributed by atoms with Crippen molar-refractivity contribution in [3.8, 4) is 0 Å². The van der Waals surface area contributed by atoms with Crippen LogP contribution >= 0.6 is 35.1 Å². The Balaban J connectivity index is 1.95. The second kappa shape index (κ2) is 4.63. The first-order chi connectivity index (χ1) is 6.84. The number of aromatic nitrogens is 2. The predicted molar refractivity (Wildman–Crippen MR) is 60.8 cm³/mol. The maximum atomic E-state index is 5.76. The van der Waals surface area contributed by atoms with Gasteiger partial charge in [0.1, 0.15) is 5.51 Å². The lowest BCUT2D eigenvalue weighted by molar-refractivity contribution is 1.34. The molecule has 0 saturated carbocycles. The van der Waals surface area contributed by atoms with Crippen molar-refractivity contribution >= 4 is 41.0 Å². The molecule has 3 nitrogen and oxygen atoms in total. The molecule has 1 N–H and O–H groups in total. The summed E-state index contributed by atoms with van der Waals surface area (Å²) < 4.78 is 7.04. The van der Waals surface area contributed by atoms with Crippen molar-refractivity contribution < 1.29 is 0 Å². The fourth-order valence-electron chi connectivity index (χ4n) is 0.823. The molecule has 0 aliphatic heterocycles. The van der Waals surface area contributed by atoms with Gasteiger partial charge in [-0.05, 0) is 47.7 Å². The molecular formula is C8H6ClN3S2. The smallest absolute Gasteiger partial charge is 0.244 e. The summed E-state index contributed by atoms with van der Waals surface area (Å²) in [7, 11) is 0. The summed E-state index contributed by atoms with van der Waals surface area (Å²) in [4.78, 5) is 5.07. The quantitative estimate of drug-likeness (QED) is 0.840. The van der Waals surface area contributed by atoms with Crippen LogP contribution in [-0.2, 0) is 0 Å². The van der Waals surface area contributed by atoms with E-state index in [1.54, 1.807) is 5.51 Å². The lowest BCUT2D eigenvalue weighted by Crippen LogP contribution is -1.87. The minimum Gasteiger partial charge on any atom is -0.293 e. The Morgan fingerprint density at radius 2 is 2.07 bits per heavy atom. The van der Waals surface area contributed by atoms with Crippen molar-refractivity contribution in [3.63, 3.8) is 0 Å². The lowest BCUT2D eigenvalue weighted by Gasteiger charge is -2.00. The zero-order valence-corrected chi connectivity index (χ0v) is 9.36. The average Bonchev–Trinajstić information content (AvgIpc) is 2.70. The molecule has 0 spiro atoms. The van der Waals surface area contributed by atoms with Crippen LogP contribution in [0.2, 0.25) is 5.02 Å². The van der Waals surface area contributed by atoms with Crippen LogP contribution in [0.5, 0.6) is 0 Å². The Labute approximate surface area is 94.8 Å². The van der Waals surface area contributed by atoms with E-state index in [4.69, 9.17) is 11.6 Å². The topological polar surface area (TPSA) is 37.8 Å². The van der Waals surface area contributed by atoms with Gasteiger partial charge >= 0.3 is 0 Å². The Morgan fingerprint density at radius 3 is 2.71 bits per heavy atom. The van der Waals surface area contributed by atoms with Crippen molar-refractivity contribution in [1.29, 1.82) is 0 Å². The van der Waals surface area contributed by atoms with E-state index in [2.05, 4.69) is 14.1 Å². The standard InChI is InChI=1S/C8H6ClN3S2/c9-6-1-3-7(4-2-6)14-12-8-10-5-13-11-8/h1-5H,(H,11,12). The highest BCUT2D eigenvalue weighted by Gasteiger charge is 1.97. The molecule has 0 aliphatic rings. The lowest BCUT2D eigenvalue weighted by atomic mass is 10.4. The number of hydrogen-bond donors (Lipinski definition) is 1. The van der Waals surface area contributed by atoms with Gasteiger partial charge in [-0.15, -0.1) is 0 Å². The Kier molecular flexibility index (Phi) is 3.23. The zero-order valence-electron chi connectivity index (χ0n) is 6.98. The van der Waals surface area contributed by atoms with Crippen LogP contribution in [0.4, 0.5) is 5.95 Å². The minimum absolute atomic E-state index is 0.634. The molecule has 14 heavy (non-hydrogen) atoms. The summed E-state index contributed by atoms with van der Waals surface area (Å²) in [6.07, 6.45) is 0. The highest BCUT2D eigenvalue weighted by molar-refractivity contribution is 8.00. The van der Waals surface area contributed by atoms with E-state index in [9.17, 15) is 0 Å². The SMILES string of the molecule is Clc1ccc(SNc2ncsn2)cc1. The van der Waals surface area contributed by atoms with E-state index in [1.807, 2.05) is 24.3 Å². The molecule has 1 aromatic heterocycles. The van der Waals surface area contributed by atoms with Gasteiger partial charge in [0.25, 0.3) is 0 Å². The van der Waals surface area contributed by atoms with Gasteiger partial charge in [0.15, 0.2) is 0 Å². The third kappa shape index (κ3) is 2.60. The van der Waals surface area contributed by atoms with Gasteiger partial charge in [0.2, 0.25) is 5.95 Å². The molecule has 0 unspecified atom stereocenters. The highest BCUT2D eigenvalue weighted by atomic mass is 35.5. The Morgan fingerprint density at radius 1 is 1.29 bits per heavy atom. The van der Waals surface area contributed by atoms with Crippen LogP contribution in [0, 0.1) is 0 Å². The molecule has 6 heteroatoms. The number of hydrogen-bond acceptors (Lipinski definition) is 5. The predicted octanol–water partition coefficient (Wildman–Crippen LogP) is 3.31. The third-order valence-corrected chi connectivity index (χ3v) is 2.96. The second-order valence-electron chi connectivity index (χ2n) is 2.41. The molecule has 0 amide bonds.